The highest BCUT2D eigenvalue weighted by molar-refractivity contribution is 7.22. The third kappa shape index (κ3) is 3.60. The Kier molecular flexibility index (Phi) is 4.80. The van der Waals surface area contributed by atoms with Gasteiger partial charge in [-0.3, -0.25) is 14.5 Å². The van der Waals surface area contributed by atoms with Crippen LogP contribution in [-0.4, -0.2) is 10.9 Å². The molecule has 31 heavy (non-hydrogen) atoms. The van der Waals surface area contributed by atoms with Crippen molar-refractivity contribution in [3.8, 4) is 0 Å². The van der Waals surface area contributed by atoms with Crippen LogP contribution in [-0.2, 0) is 6.54 Å². The SMILES string of the molecule is O=C(c1coc2ccccc2c1=O)N(Cc1ccccc1)c1nc2ccc(F)cc2s1. The Hall–Kier alpha value is -3.84. The summed E-state index contributed by atoms with van der Waals surface area (Å²) < 4.78 is 19.8. The second-order valence-corrected chi connectivity index (χ2v) is 7.97. The standard InChI is InChI=1S/C24H15FN2O3S/c25-16-10-11-19-21(12-16)31-24(26-19)27(13-15-6-2-1-3-7-15)23(29)18-14-30-20-9-5-4-8-17(20)22(18)28/h1-12,14H,13H2. The summed E-state index contributed by atoms with van der Waals surface area (Å²) in [5, 5.41) is 0.710. The highest BCUT2D eigenvalue weighted by Crippen LogP contribution is 2.31. The molecule has 0 unspecified atom stereocenters. The molecule has 7 heteroatoms. The second-order valence-electron chi connectivity index (χ2n) is 6.96. The van der Waals surface area contributed by atoms with Crippen LogP contribution in [0.1, 0.15) is 15.9 Å². The normalized spacial score (nSPS) is 11.1. The first-order valence-electron chi connectivity index (χ1n) is 9.52. The summed E-state index contributed by atoms with van der Waals surface area (Å²) in [7, 11) is 0. The summed E-state index contributed by atoms with van der Waals surface area (Å²) in [5.74, 6) is -0.901. The van der Waals surface area contributed by atoms with E-state index in [1.807, 2.05) is 30.3 Å². The van der Waals surface area contributed by atoms with E-state index < -0.39 is 11.3 Å². The Morgan fingerprint density at radius 2 is 1.81 bits per heavy atom. The fourth-order valence-corrected chi connectivity index (χ4v) is 4.35. The number of anilines is 1. The van der Waals surface area contributed by atoms with Gasteiger partial charge in [0.1, 0.15) is 23.2 Å². The van der Waals surface area contributed by atoms with Crippen molar-refractivity contribution >= 4 is 43.6 Å². The van der Waals surface area contributed by atoms with Crippen LogP contribution in [0.25, 0.3) is 21.2 Å². The zero-order valence-electron chi connectivity index (χ0n) is 16.1. The molecule has 0 spiro atoms. The van der Waals surface area contributed by atoms with Gasteiger partial charge in [0.05, 0.1) is 22.1 Å². The maximum absolute atomic E-state index is 13.7. The van der Waals surface area contributed by atoms with Gasteiger partial charge in [0.15, 0.2) is 5.13 Å². The molecule has 2 aromatic heterocycles. The summed E-state index contributed by atoms with van der Waals surface area (Å²) in [4.78, 5) is 32.5. The molecule has 0 saturated carbocycles. The minimum Gasteiger partial charge on any atom is -0.463 e. The van der Waals surface area contributed by atoms with Crippen LogP contribution >= 0.6 is 11.3 Å². The van der Waals surface area contributed by atoms with E-state index in [0.717, 1.165) is 5.56 Å². The number of hydrogen-bond donors (Lipinski definition) is 0. The van der Waals surface area contributed by atoms with Crippen molar-refractivity contribution in [2.24, 2.45) is 0 Å². The maximum Gasteiger partial charge on any atom is 0.267 e. The van der Waals surface area contributed by atoms with Gasteiger partial charge in [0.2, 0.25) is 5.43 Å². The van der Waals surface area contributed by atoms with Gasteiger partial charge in [-0.1, -0.05) is 53.8 Å². The summed E-state index contributed by atoms with van der Waals surface area (Å²) in [5.41, 5.74) is 1.37. The molecule has 0 N–H and O–H groups in total. The molecule has 0 atom stereocenters. The summed E-state index contributed by atoms with van der Waals surface area (Å²) >= 11 is 1.19. The van der Waals surface area contributed by atoms with Gasteiger partial charge in [-0.25, -0.2) is 9.37 Å². The number of aromatic nitrogens is 1. The monoisotopic (exact) mass is 430 g/mol. The van der Waals surface area contributed by atoms with E-state index in [9.17, 15) is 14.0 Å². The topological polar surface area (TPSA) is 63.4 Å². The Morgan fingerprint density at radius 1 is 1.03 bits per heavy atom. The van der Waals surface area contributed by atoms with Crippen molar-refractivity contribution in [1.82, 2.24) is 4.98 Å². The lowest BCUT2D eigenvalue weighted by molar-refractivity contribution is 0.0982. The quantitative estimate of drug-likeness (QED) is 0.384. The Morgan fingerprint density at radius 3 is 2.65 bits per heavy atom. The van der Waals surface area contributed by atoms with E-state index in [-0.39, 0.29) is 17.9 Å². The number of hydrogen-bond acceptors (Lipinski definition) is 5. The molecular weight excluding hydrogens is 415 g/mol. The van der Waals surface area contributed by atoms with Gasteiger partial charge in [0, 0.05) is 0 Å². The largest absolute Gasteiger partial charge is 0.463 e. The lowest BCUT2D eigenvalue weighted by Crippen LogP contribution is -2.33. The fourth-order valence-electron chi connectivity index (χ4n) is 3.36. The highest BCUT2D eigenvalue weighted by Gasteiger charge is 2.25. The van der Waals surface area contributed by atoms with Gasteiger partial charge in [0.25, 0.3) is 5.91 Å². The van der Waals surface area contributed by atoms with E-state index in [1.54, 1.807) is 30.3 Å². The molecule has 0 fully saturated rings. The van der Waals surface area contributed by atoms with Crippen LogP contribution in [0.4, 0.5) is 9.52 Å². The second kappa shape index (κ2) is 7.77. The summed E-state index contributed by atoms with van der Waals surface area (Å²) in [6.07, 6.45) is 1.19. The molecule has 152 valence electrons. The Bertz CT molecular complexity index is 1480. The van der Waals surface area contributed by atoms with E-state index in [0.29, 0.717) is 26.3 Å². The molecule has 0 aliphatic heterocycles. The molecule has 0 radical (unpaired) electrons. The number of thiazole rings is 1. The predicted octanol–water partition coefficient (Wildman–Crippen LogP) is 5.39. The highest BCUT2D eigenvalue weighted by atomic mass is 32.1. The molecule has 1 amide bonds. The van der Waals surface area contributed by atoms with Gasteiger partial charge < -0.3 is 4.42 Å². The van der Waals surface area contributed by atoms with Crippen molar-refractivity contribution < 1.29 is 13.6 Å². The minimum atomic E-state index is -0.525. The number of nitrogens with zero attached hydrogens (tertiary/aromatic N) is 2. The third-order valence-electron chi connectivity index (χ3n) is 4.91. The van der Waals surface area contributed by atoms with Gasteiger partial charge >= 0.3 is 0 Å². The van der Waals surface area contributed by atoms with Crippen LogP contribution in [0.2, 0.25) is 0 Å². The van der Waals surface area contributed by atoms with Crippen molar-refractivity contribution in [1.29, 1.82) is 0 Å². The Balaban J connectivity index is 1.63. The lowest BCUT2D eigenvalue weighted by Gasteiger charge is -2.19. The number of benzene rings is 3. The molecule has 5 rings (SSSR count). The first-order chi connectivity index (χ1) is 15.1. The first kappa shape index (κ1) is 19.1. The van der Waals surface area contributed by atoms with Crippen molar-refractivity contribution in [2.75, 3.05) is 4.90 Å². The molecule has 2 heterocycles. The zero-order valence-corrected chi connectivity index (χ0v) is 16.9. The lowest BCUT2D eigenvalue weighted by atomic mass is 10.1. The predicted molar refractivity (Wildman–Crippen MR) is 119 cm³/mol. The van der Waals surface area contributed by atoms with Gasteiger partial charge in [-0.2, -0.15) is 0 Å². The number of halogens is 1. The molecule has 3 aromatic carbocycles. The molecule has 0 bridgehead atoms. The average molecular weight is 430 g/mol. The zero-order chi connectivity index (χ0) is 21.4. The number of para-hydroxylation sites is 1. The number of carbonyl (C=O) groups is 1. The van der Waals surface area contributed by atoms with E-state index in [1.165, 1.54) is 34.6 Å². The molecule has 5 aromatic rings. The average Bonchev–Trinajstić information content (AvgIpc) is 3.21. The number of fused-ring (bicyclic) bond motifs is 2. The summed E-state index contributed by atoms with van der Waals surface area (Å²) in [6.45, 7) is 0.203. The van der Waals surface area contributed by atoms with E-state index >= 15 is 0 Å². The van der Waals surface area contributed by atoms with Crippen molar-refractivity contribution in [2.45, 2.75) is 6.54 Å². The van der Waals surface area contributed by atoms with Crippen molar-refractivity contribution in [3.63, 3.8) is 0 Å². The van der Waals surface area contributed by atoms with Gasteiger partial charge in [-0.15, -0.1) is 0 Å². The number of amides is 1. The fraction of sp³-hybridized carbons (Fsp3) is 0.0417. The maximum atomic E-state index is 13.7. The molecule has 0 saturated heterocycles. The van der Waals surface area contributed by atoms with Crippen molar-refractivity contribution in [3.05, 3.63) is 106 Å². The summed E-state index contributed by atoms with van der Waals surface area (Å²) in [6, 6.07) is 20.5. The third-order valence-corrected chi connectivity index (χ3v) is 5.95. The van der Waals surface area contributed by atoms with E-state index in [4.69, 9.17) is 4.42 Å². The van der Waals surface area contributed by atoms with Crippen LogP contribution in [0, 0.1) is 5.82 Å². The Labute approximate surface area is 180 Å². The first-order valence-corrected chi connectivity index (χ1v) is 10.3. The molecule has 0 aliphatic rings. The minimum absolute atomic E-state index is 0.0833. The van der Waals surface area contributed by atoms with Crippen LogP contribution < -0.4 is 10.3 Å². The smallest absolute Gasteiger partial charge is 0.267 e. The molecule has 5 nitrogen and oxygen atoms in total. The van der Waals surface area contributed by atoms with Crippen LogP contribution in [0.5, 0.6) is 0 Å². The molecular formula is C24H15FN2O3S. The number of rotatable bonds is 4. The van der Waals surface area contributed by atoms with Crippen LogP contribution in [0.15, 0.2) is 88.3 Å². The molecule has 0 aliphatic carbocycles. The number of carbonyl (C=O) groups excluding carboxylic acids is 1. The van der Waals surface area contributed by atoms with E-state index in [2.05, 4.69) is 4.98 Å². The van der Waals surface area contributed by atoms with Gasteiger partial charge in [-0.05, 0) is 35.9 Å². The van der Waals surface area contributed by atoms with Crippen LogP contribution in [0.3, 0.4) is 0 Å².